The number of rotatable bonds is 24. The molecule has 5 saturated heterocycles. The molecular formula is C62H73N3O13. The minimum Gasteiger partial charge on any atom is -0.368 e. The molecule has 0 bridgehead atoms. The van der Waals surface area contributed by atoms with Gasteiger partial charge in [0.15, 0.2) is 31.5 Å². The first kappa shape index (κ1) is 55.9. The monoisotopic (exact) mass is 1070 g/mol. The van der Waals surface area contributed by atoms with E-state index in [-0.39, 0.29) is 26.4 Å². The summed E-state index contributed by atoms with van der Waals surface area (Å²) in [7, 11) is 0. The summed E-state index contributed by atoms with van der Waals surface area (Å²) < 4.78 is 89.2. The molecule has 414 valence electrons. The van der Waals surface area contributed by atoms with Gasteiger partial charge in [-0.05, 0) is 48.4 Å². The van der Waals surface area contributed by atoms with Crippen molar-refractivity contribution in [2.24, 2.45) is 11.0 Å². The van der Waals surface area contributed by atoms with Gasteiger partial charge in [-0.3, -0.25) is 0 Å². The normalized spacial score (nSPS) is 32.7. The van der Waals surface area contributed by atoms with Gasteiger partial charge in [-0.1, -0.05) is 183 Å². The summed E-state index contributed by atoms with van der Waals surface area (Å²) in [6, 6.07) is 48.5. The van der Waals surface area contributed by atoms with Gasteiger partial charge in [0, 0.05) is 28.6 Å². The topological polar surface area (TPSA) is 169 Å². The van der Waals surface area contributed by atoms with E-state index in [1.54, 1.807) is 0 Å². The molecule has 0 aromatic heterocycles. The number of benzene rings is 5. The molecule has 78 heavy (non-hydrogen) atoms. The third-order valence-corrected chi connectivity index (χ3v) is 15.1. The Labute approximate surface area is 457 Å². The molecular weight excluding hydrogens is 995 g/mol. The van der Waals surface area contributed by atoms with Crippen molar-refractivity contribution in [1.29, 1.82) is 0 Å². The minimum absolute atomic E-state index is 0.149. The maximum absolute atomic E-state index is 10.3. The van der Waals surface area contributed by atoms with Crippen LogP contribution in [0.5, 0.6) is 0 Å². The van der Waals surface area contributed by atoms with Crippen LogP contribution in [-0.2, 0) is 81.4 Å². The first-order valence-corrected chi connectivity index (χ1v) is 27.6. The summed E-state index contributed by atoms with van der Waals surface area (Å²) in [5.41, 5.74) is 14.9. The standard InChI is InChI=1S/C62H73N3O13/c1-4-5-6-7-8-24-35-66-60-50(64-65-63)55(54-49(73-60)40-71-59(77-54)47-33-22-13-23-34-47)78-61-52(41(2)51-48(74-61)39-70-58(75-51)46-31-20-12-21-32-46)76-62-57(69-38-45-29-18-11-19-30-45)56(68-37-44-27-16-10-17-28-44)53(42(3)72-62)67-36-43-25-14-9-15-26-43/h4,9-23,25-34,41-42,48-62H,1,5-8,24,35-40H2,2-3H3/t41-,42?,48?,49?,50?,51+,52?,53+,54+,55+,56-,57?,58?,59?,60+,61-,62-/m0/s1. The fourth-order valence-corrected chi connectivity index (χ4v) is 10.9. The molecule has 0 aliphatic carbocycles. The van der Waals surface area contributed by atoms with Crippen LogP contribution in [0.3, 0.4) is 0 Å². The second kappa shape index (κ2) is 28.2. The van der Waals surface area contributed by atoms with Crippen LogP contribution in [0.25, 0.3) is 10.4 Å². The van der Waals surface area contributed by atoms with Gasteiger partial charge in [0.05, 0.1) is 45.2 Å². The predicted octanol–water partition coefficient (Wildman–Crippen LogP) is 11.4. The van der Waals surface area contributed by atoms with E-state index < -0.39 is 104 Å². The fraction of sp³-hybridized carbons (Fsp3) is 0.484. The Kier molecular flexibility index (Phi) is 20.2. The lowest BCUT2D eigenvalue weighted by molar-refractivity contribution is -0.409. The quantitative estimate of drug-likeness (QED) is 0.0188. The van der Waals surface area contributed by atoms with Crippen LogP contribution < -0.4 is 0 Å². The van der Waals surface area contributed by atoms with Crippen LogP contribution in [0.4, 0.5) is 0 Å². The highest BCUT2D eigenvalue weighted by atomic mass is 16.8. The van der Waals surface area contributed by atoms with E-state index in [4.69, 9.17) is 61.6 Å². The number of hydrogen-bond acceptors (Lipinski definition) is 14. The maximum Gasteiger partial charge on any atom is 0.187 e. The largest absolute Gasteiger partial charge is 0.368 e. The van der Waals surface area contributed by atoms with E-state index in [0.717, 1.165) is 59.9 Å². The SMILES string of the molecule is C=CCCCCCCO[C@@H]1OC2COC(c3ccccc3)O[C@H]2[C@H](O[C@@H]2OC3COC(c4ccccc4)O[C@@H]3[C@H](C)C2O[C@@H]2OC(C)[C@@H](OCc3ccccc3)[C@H](OCc3ccccc3)C2OCc2ccccc2)C1N=[N+]=[N-]. The molecule has 0 saturated carbocycles. The summed E-state index contributed by atoms with van der Waals surface area (Å²) in [6.07, 6.45) is -5.21. The lowest BCUT2D eigenvalue weighted by Crippen LogP contribution is -2.67. The second-order valence-corrected chi connectivity index (χ2v) is 20.6. The molecule has 0 radical (unpaired) electrons. The number of ether oxygens (including phenoxy) is 13. The molecule has 5 aliphatic rings. The van der Waals surface area contributed by atoms with Gasteiger partial charge >= 0.3 is 0 Å². The van der Waals surface area contributed by atoms with Crippen molar-refractivity contribution in [3.05, 3.63) is 203 Å². The fourth-order valence-electron chi connectivity index (χ4n) is 10.9. The van der Waals surface area contributed by atoms with E-state index >= 15 is 0 Å². The van der Waals surface area contributed by atoms with Crippen molar-refractivity contribution in [2.45, 2.75) is 164 Å². The number of nitrogens with zero attached hydrogens (tertiary/aromatic N) is 3. The molecule has 0 N–H and O–H groups in total. The Morgan fingerprint density at radius 1 is 0.513 bits per heavy atom. The highest BCUT2D eigenvalue weighted by Crippen LogP contribution is 2.44. The number of unbranched alkanes of at least 4 members (excludes halogenated alkanes) is 4. The van der Waals surface area contributed by atoms with E-state index in [9.17, 15) is 5.53 Å². The Hall–Kier alpha value is -5.37. The lowest BCUT2D eigenvalue weighted by Gasteiger charge is -2.53. The average Bonchev–Trinajstić information content (AvgIpc) is 3.63. The first-order valence-electron chi connectivity index (χ1n) is 27.6. The summed E-state index contributed by atoms with van der Waals surface area (Å²) in [5, 5.41) is 4.36. The predicted molar refractivity (Wildman–Crippen MR) is 288 cm³/mol. The van der Waals surface area contributed by atoms with Crippen LogP contribution in [0, 0.1) is 5.92 Å². The molecule has 0 spiro atoms. The van der Waals surface area contributed by atoms with E-state index in [0.29, 0.717) is 13.2 Å². The summed E-state index contributed by atoms with van der Waals surface area (Å²) in [6.45, 7) is 9.39. The molecule has 16 heteroatoms. The zero-order valence-electron chi connectivity index (χ0n) is 44.5. The summed E-state index contributed by atoms with van der Waals surface area (Å²) >= 11 is 0. The van der Waals surface area contributed by atoms with Gasteiger partial charge in [0.2, 0.25) is 0 Å². The Bertz CT molecular complexity index is 2610. The Morgan fingerprint density at radius 2 is 0.987 bits per heavy atom. The Balaban J connectivity index is 0.996. The van der Waals surface area contributed by atoms with Crippen LogP contribution in [0.1, 0.15) is 86.3 Å². The minimum atomic E-state index is -1.15. The highest BCUT2D eigenvalue weighted by Gasteiger charge is 2.57. The van der Waals surface area contributed by atoms with Crippen molar-refractivity contribution in [1.82, 2.24) is 0 Å². The lowest BCUT2D eigenvalue weighted by atomic mass is 9.89. The van der Waals surface area contributed by atoms with Crippen molar-refractivity contribution < 1.29 is 61.6 Å². The molecule has 10 rings (SSSR count). The van der Waals surface area contributed by atoms with Gasteiger partial charge < -0.3 is 61.6 Å². The van der Waals surface area contributed by atoms with Crippen LogP contribution in [0.15, 0.2) is 169 Å². The second-order valence-electron chi connectivity index (χ2n) is 20.6. The van der Waals surface area contributed by atoms with Crippen molar-refractivity contribution >= 4 is 0 Å². The molecule has 5 heterocycles. The van der Waals surface area contributed by atoms with Gasteiger partial charge in [-0.25, -0.2) is 0 Å². The van der Waals surface area contributed by atoms with Gasteiger partial charge in [-0.2, -0.15) is 0 Å². The number of azide groups is 1. The third kappa shape index (κ3) is 14.1. The number of fused-ring (bicyclic) bond motifs is 2. The van der Waals surface area contributed by atoms with Crippen LogP contribution in [-0.4, -0.2) is 106 Å². The van der Waals surface area contributed by atoms with E-state index in [2.05, 4.69) is 23.5 Å². The summed E-state index contributed by atoms with van der Waals surface area (Å²) in [5.74, 6) is -0.428. The van der Waals surface area contributed by atoms with Gasteiger partial charge in [-0.15, -0.1) is 6.58 Å². The van der Waals surface area contributed by atoms with Crippen molar-refractivity contribution in [2.75, 3.05) is 19.8 Å². The average molecular weight is 1070 g/mol. The molecule has 5 aromatic carbocycles. The Morgan fingerprint density at radius 3 is 1.55 bits per heavy atom. The highest BCUT2D eigenvalue weighted by molar-refractivity contribution is 5.19. The summed E-state index contributed by atoms with van der Waals surface area (Å²) in [4.78, 5) is 3.34. The zero-order chi connectivity index (χ0) is 53.5. The zero-order valence-corrected chi connectivity index (χ0v) is 44.5. The molecule has 5 aliphatic heterocycles. The van der Waals surface area contributed by atoms with Crippen LogP contribution >= 0.6 is 0 Å². The van der Waals surface area contributed by atoms with Crippen molar-refractivity contribution in [3.63, 3.8) is 0 Å². The van der Waals surface area contributed by atoms with Gasteiger partial charge in [0.1, 0.15) is 54.9 Å². The smallest absolute Gasteiger partial charge is 0.187 e. The third-order valence-electron chi connectivity index (χ3n) is 15.1. The molecule has 8 unspecified atom stereocenters. The van der Waals surface area contributed by atoms with Crippen molar-refractivity contribution in [3.8, 4) is 0 Å². The number of hydrogen-bond donors (Lipinski definition) is 0. The molecule has 16 nitrogen and oxygen atoms in total. The van der Waals surface area contributed by atoms with Gasteiger partial charge in [0.25, 0.3) is 0 Å². The molecule has 17 atom stereocenters. The first-order chi connectivity index (χ1) is 38.4. The molecule has 5 aromatic rings. The molecule has 0 amide bonds. The number of allylic oxidation sites excluding steroid dienone is 1. The molecule has 5 fully saturated rings. The van der Waals surface area contributed by atoms with Crippen LogP contribution in [0.2, 0.25) is 0 Å². The van der Waals surface area contributed by atoms with E-state index in [1.165, 1.54) is 0 Å². The maximum atomic E-state index is 10.3. The van der Waals surface area contributed by atoms with E-state index in [1.807, 2.05) is 165 Å².